The zero-order valence-electron chi connectivity index (χ0n) is 13.9. The molecule has 0 aliphatic carbocycles. The molecule has 1 heterocycles. The van der Waals surface area contributed by atoms with E-state index in [1.54, 1.807) is 11.6 Å². The first-order valence-corrected chi connectivity index (χ1v) is 7.71. The molecule has 0 saturated carbocycles. The molecule has 3 aromatic rings. The number of carbonyl (C=O) groups is 1. The van der Waals surface area contributed by atoms with E-state index in [0.717, 1.165) is 5.69 Å². The summed E-state index contributed by atoms with van der Waals surface area (Å²) in [6.45, 7) is 1.78. The number of nitrogens with two attached hydrogens (primary N) is 1. The average Bonchev–Trinajstić information content (AvgIpc) is 2.93. The van der Waals surface area contributed by atoms with Crippen LogP contribution in [0.1, 0.15) is 11.3 Å². The second-order valence-electron chi connectivity index (χ2n) is 5.34. The third kappa shape index (κ3) is 3.86. The molecule has 0 aliphatic heterocycles. The van der Waals surface area contributed by atoms with Crippen LogP contribution >= 0.6 is 0 Å². The van der Waals surface area contributed by atoms with Crippen LogP contribution in [0.4, 0.5) is 9.18 Å². The van der Waals surface area contributed by atoms with E-state index in [-0.39, 0.29) is 5.82 Å². The van der Waals surface area contributed by atoms with Crippen LogP contribution < -0.4 is 15.9 Å². The molecule has 2 amide bonds. The van der Waals surface area contributed by atoms with Gasteiger partial charge in [0.25, 0.3) is 0 Å². The molecule has 0 atom stereocenters. The second kappa shape index (κ2) is 7.47. The molecule has 7 nitrogen and oxygen atoms in total. The standard InChI is InChI=1S/C18H16FN5O2/c1-12-16(11-21-22-18(20)25)17(26-15-9-7-13(19)8-10-15)24(23-12)14-5-3-2-4-6-14/h2-11H,1H3,(H3,20,22,25). The number of ether oxygens (including phenoxy) is 1. The van der Waals surface area contributed by atoms with Crippen molar-refractivity contribution in [2.24, 2.45) is 10.8 Å². The molecule has 3 N–H and O–H groups in total. The summed E-state index contributed by atoms with van der Waals surface area (Å²) in [6.07, 6.45) is 1.39. The average molecular weight is 353 g/mol. The highest BCUT2D eigenvalue weighted by molar-refractivity contribution is 5.86. The summed E-state index contributed by atoms with van der Waals surface area (Å²) in [6, 6.07) is 14.2. The van der Waals surface area contributed by atoms with Gasteiger partial charge in [-0.2, -0.15) is 14.9 Å². The zero-order chi connectivity index (χ0) is 18.5. The number of hydrazone groups is 1. The third-order valence-corrected chi connectivity index (χ3v) is 3.46. The van der Waals surface area contributed by atoms with Crippen molar-refractivity contribution in [1.82, 2.24) is 15.2 Å². The molecule has 132 valence electrons. The first-order valence-electron chi connectivity index (χ1n) is 7.71. The Morgan fingerprint density at radius 3 is 2.58 bits per heavy atom. The number of hydrogen-bond acceptors (Lipinski definition) is 4. The fraction of sp³-hybridized carbons (Fsp3) is 0.0556. The number of rotatable bonds is 5. The van der Waals surface area contributed by atoms with Gasteiger partial charge < -0.3 is 10.5 Å². The predicted octanol–water partition coefficient (Wildman–Crippen LogP) is 3.11. The summed E-state index contributed by atoms with van der Waals surface area (Å²) in [5, 5.41) is 8.26. The number of carbonyl (C=O) groups excluding carboxylic acids is 1. The summed E-state index contributed by atoms with van der Waals surface area (Å²) >= 11 is 0. The molecular weight excluding hydrogens is 337 g/mol. The van der Waals surface area contributed by atoms with Crippen LogP contribution in [0, 0.1) is 12.7 Å². The number of aryl methyl sites for hydroxylation is 1. The van der Waals surface area contributed by atoms with E-state index in [2.05, 4.69) is 15.6 Å². The fourth-order valence-electron chi connectivity index (χ4n) is 2.28. The second-order valence-corrected chi connectivity index (χ2v) is 5.34. The molecule has 0 fully saturated rings. The summed E-state index contributed by atoms with van der Waals surface area (Å²) in [4.78, 5) is 10.8. The van der Waals surface area contributed by atoms with Crippen LogP contribution in [0.5, 0.6) is 11.6 Å². The lowest BCUT2D eigenvalue weighted by Gasteiger charge is -2.10. The van der Waals surface area contributed by atoms with Crippen LogP contribution in [-0.4, -0.2) is 22.0 Å². The Balaban J connectivity index is 2.05. The molecule has 8 heteroatoms. The van der Waals surface area contributed by atoms with Crippen LogP contribution in [0.15, 0.2) is 59.7 Å². The van der Waals surface area contributed by atoms with Crippen molar-refractivity contribution in [1.29, 1.82) is 0 Å². The lowest BCUT2D eigenvalue weighted by Crippen LogP contribution is -2.24. The molecule has 3 rings (SSSR count). The minimum Gasteiger partial charge on any atom is -0.438 e. The van der Waals surface area contributed by atoms with Gasteiger partial charge in [0.05, 0.1) is 23.2 Å². The quantitative estimate of drug-likeness (QED) is 0.545. The van der Waals surface area contributed by atoms with E-state index in [9.17, 15) is 9.18 Å². The Morgan fingerprint density at radius 1 is 1.23 bits per heavy atom. The predicted molar refractivity (Wildman–Crippen MR) is 95.1 cm³/mol. The normalized spacial score (nSPS) is 10.8. The maximum absolute atomic E-state index is 13.1. The van der Waals surface area contributed by atoms with Gasteiger partial charge in [-0.05, 0) is 43.3 Å². The van der Waals surface area contributed by atoms with Gasteiger partial charge in [-0.25, -0.2) is 14.6 Å². The number of halogens is 1. The maximum Gasteiger partial charge on any atom is 0.332 e. The van der Waals surface area contributed by atoms with Crippen LogP contribution in [0.2, 0.25) is 0 Å². The van der Waals surface area contributed by atoms with E-state index < -0.39 is 6.03 Å². The molecule has 26 heavy (non-hydrogen) atoms. The van der Waals surface area contributed by atoms with Gasteiger partial charge in [0.15, 0.2) is 0 Å². The number of amides is 2. The summed E-state index contributed by atoms with van der Waals surface area (Å²) in [7, 11) is 0. The Bertz CT molecular complexity index is 936. The SMILES string of the molecule is Cc1nn(-c2ccccc2)c(Oc2ccc(F)cc2)c1C=NNC(N)=O. The topological polar surface area (TPSA) is 94.5 Å². The minimum absolute atomic E-state index is 0.363. The lowest BCUT2D eigenvalue weighted by atomic mass is 10.2. The Kier molecular flexibility index (Phi) is 4.93. The minimum atomic E-state index is -0.782. The van der Waals surface area contributed by atoms with E-state index in [1.165, 1.54) is 30.5 Å². The van der Waals surface area contributed by atoms with Crippen molar-refractivity contribution in [3.63, 3.8) is 0 Å². The highest BCUT2D eigenvalue weighted by Gasteiger charge is 2.17. The Morgan fingerprint density at radius 2 is 1.92 bits per heavy atom. The largest absolute Gasteiger partial charge is 0.438 e. The number of para-hydroxylation sites is 1. The van der Waals surface area contributed by atoms with Gasteiger partial charge >= 0.3 is 6.03 Å². The number of nitrogens with zero attached hydrogens (tertiary/aromatic N) is 3. The highest BCUT2D eigenvalue weighted by Crippen LogP contribution is 2.29. The zero-order valence-corrected chi connectivity index (χ0v) is 13.9. The Hall–Kier alpha value is -3.68. The number of hydrogen-bond donors (Lipinski definition) is 2. The van der Waals surface area contributed by atoms with Crippen molar-refractivity contribution < 1.29 is 13.9 Å². The molecule has 0 spiro atoms. The van der Waals surface area contributed by atoms with Crippen molar-refractivity contribution in [2.75, 3.05) is 0 Å². The summed E-state index contributed by atoms with van der Waals surface area (Å²) in [5.41, 5.74) is 9.10. The van der Waals surface area contributed by atoms with Crippen molar-refractivity contribution in [3.8, 4) is 17.3 Å². The summed E-state index contributed by atoms with van der Waals surface area (Å²) < 4.78 is 20.7. The van der Waals surface area contributed by atoms with E-state index in [0.29, 0.717) is 22.9 Å². The third-order valence-electron chi connectivity index (χ3n) is 3.46. The fourth-order valence-corrected chi connectivity index (χ4v) is 2.28. The maximum atomic E-state index is 13.1. The van der Waals surface area contributed by atoms with Gasteiger partial charge in [-0.15, -0.1) is 0 Å². The van der Waals surface area contributed by atoms with Gasteiger partial charge in [0.2, 0.25) is 5.88 Å². The first-order chi connectivity index (χ1) is 12.5. The highest BCUT2D eigenvalue weighted by atomic mass is 19.1. The number of primary amides is 1. The van der Waals surface area contributed by atoms with E-state index in [4.69, 9.17) is 10.5 Å². The molecule has 0 unspecified atom stereocenters. The molecule has 0 bridgehead atoms. The molecule has 0 aliphatic rings. The van der Waals surface area contributed by atoms with Crippen LogP contribution in [-0.2, 0) is 0 Å². The van der Waals surface area contributed by atoms with Gasteiger partial charge in [-0.3, -0.25) is 0 Å². The van der Waals surface area contributed by atoms with Crippen LogP contribution in [0.25, 0.3) is 5.69 Å². The molecule has 1 aromatic heterocycles. The lowest BCUT2D eigenvalue weighted by molar-refractivity contribution is 0.249. The van der Waals surface area contributed by atoms with Gasteiger partial charge in [0, 0.05) is 0 Å². The van der Waals surface area contributed by atoms with Crippen LogP contribution in [0.3, 0.4) is 0 Å². The number of urea groups is 1. The molecular formula is C18H16FN5O2. The number of aromatic nitrogens is 2. The molecule has 0 saturated heterocycles. The Labute approximate surface area is 148 Å². The van der Waals surface area contributed by atoms with E-state index >= 15 is 0 Å². The van der Waals surface area contributed by atoms with Crippen molar-refractivity contribution in [2.45, 2.75) is 6.92 Å². The number of benzene rings is 2. The van der Waals surface area contributed by atoms with Gasteiger partial charge in [-0.1, -0.05) is 18.2 Å². The van der Waals surface area contributed by atoms with Gasteiger partial charge in [0.1, 0.15) is 11.6 Å². The van der Waals surface area contributed by atoms with E-state index in [1.807, 2.05) is 30.3 Å². The van der Waals surface area contributed by atoms with Crippen molar-refractivity contribution >= 4 is 12.2 Å². The number of nitrogens with one attached hydrogen (secondary N) is 1. The smallest absolute Gasteiger partial charge is 0.332 e. The van der Waals surface area contributed by atoms with Crippen molar-refractivity contribution in [3.05, 3.63) is 71.7 Å². The first kappa shape index (κ1) is 17.2. The molecule has 0 radical (unpaired) electrons. The molecule has 2 aromatic carbocycles. The summed E-state index contributed by atoms with van der Waals surface area (Å²) in [5.74, 6) is 0.439. The monoisotopic (exact) mass is 353 g/mol.